The Labute approximate surface area is 330 Å². The molecular weight excluding hydrogens is 741 g/mol. The van der Waals surface area contributed by atoms with Crippen molar-refractivity contribution in [3.8, 4) is 11.1 Å². The molecule has 12 nitrogen and oxygen atoms in total. The van der Waals surface area contributed by atoms with Crippen molar-refractivity contribution in [3.05, 3.63) is 86.4 Å². The summed E-state index contributed by atoms with van der Waals surface area (Å²) in [5, 5.41) is 22.9. The highest BCUT2D eigenvalue weighted by atomic mass is 35.5. The zero-order valence-corrected chi connectivity index (χ0v) is 32.8. The van der Waals surface area contributed by atoms with Crippen molar-refractivity contribution in [2.75, 3.05) is 38.1 Å². The van der Waals surface area contributed by atoms with Crippen LogP contribution in [0.15, 0.2) is 36.4 Å². The predicted octanol–water partition coefficient (Wildman–Crippen LogP) is 5.94. The molecule has 14 heteroatoms. The molecule has 2 aromatic carbocycles. The molecule has 3 N–H and O–H groups in total. The lowest BCUT2D eigenvalue weighted by atomic mass is 9.80. The lowest BCUT2D eigenvalue weighted by Gasteiger charge is -2.32. The molecule has 0 saturated heterocycles. The van der Waals surface area contributed by atoms with E-state index in [2.05, 4.69) is 15.1 Å². The molecule has 4 aromatic rings. The summed E-state index contributed by atoms with van der Waals surface area (Å²) in [6, 6.07) is 10.9. The number of nitrogens with one attached hydrogen (secondary N) is 1. The average Bonchev–Trinajstić information content (AvgIpc) is 3.93. The van der Waals surface area contributed by atoms with E-state index in [1.807, 2.05) is 47.5 Å². The van der Waals surface area contributed by atoms with Crippen LogP contribution >= 0.6 is 23.2 Å². The summed E-state index contributed by atoms with van der Waals surface area (Å²) < 4.78 is 3.75. The lowest BCUT2D eigenvalue weighted by Crippen LogP contribution is -2.34. The van der Waals surface area contributed by atoms with Gasteiger partial charge in [0.1, 0.15) is 0 Å². The third-order valence-corrected chi connectivity index (χ3v) is 13.8. The van der Waals surface area contributed by atoms with E-state index in [1.165, 1.54) is 0 Å². The van der Waals surface area contributed by atoms with E-state index in [0.717, 1.165) is 93.8 Å². The summed E-state index contributed by atoms with van der Waals surface area (Å²) in [7, 11) is 3.74. The summed E-state index contributed by atoms with van der Waals surface area (Å²) in [5.74, 6) is -0.454. The summed E-state index contributed by atoms with van der Waals surface area (Å²) in [6.07, 6.45) is 6.95. The molecule has 0 spiro atoms. The zero-order chi connectivity index (χ0) is 38.6. The summed E-state index contributed by atoms with van der Waals surface area (Å²) in [4.78, 5) is 53.3. The number of imidazole rings is 2. The summed E-state index contributed by atoms with van der Waals surface area (Å²) >= 11 is 14.0. The number of ketones is 1. The highest BCUT2D eigenvalue weighted by Crippen LogP contribution is 2.63. The maximum absolute atomic E-state index is 13.7. The number of carboxylic acids is 1. The molecule has 8 rings (SSSR count). The Hall–Kier alpha value is -4.07. The van der Waals surface area contributed by atoms with Crippen LogP contribution in [0.1, 0.15) is 88.1 Å². The maximum atomic E-state index is 13.7. The predicted molar refractivity (Wildman–Crippen MR) is 210 cm³/mol. The van der Waals surface area contributed by atoms with Crippen LogP contribution in [-0.4, -0.2) is 89.6 Å². The van der Waals surface area contributed by atoms with Crippen molar-refractivity contribution in [2.24, 2.45) is 24.9 Å². The first-order valence-corrected chi connectivity index (χ1v) is 20.0. The van der Waals surface area contributed by atoms with E-state index < -0.39 is 11.4 Å². The highest BCUT2D eigenvalue weighted by molar-refractivity contribution is 6.39. The van der Waals surface area contributed by atoms with Gasteiger partial charge in [0.25, 0.3) is 5.91 Å². The molecule has 0 unspecified atom stereocenters. The zero-order valence-electron chi connectivity index (χ0n) is 31.3. The second-order valence-electron chi connectivity index (χ2n) is 16.1. The number of carbonyl (C=O) groups is 3. The normalized spacial score (nSPS) is 22.1. The number of benzene rings is 2. The van der Waals surface area contributed by atoms with Crippen LogP contribution in [0.25, 0.3) is 11.1 Å². The van der Waals surface area contributed by atoms with Crippen LogP contribution in [0.2, 0.25) is 10.0 Å². The van der Waals surface area contributed by atoms with E-state index in [9.17, 15) is 24.6 Å². The van der Waals surface area contributed by atoms with Crippen LogP contribution in [0, 0.1) is 10.8 Å². The van der Waals surface area contributed by atoms with E-state index in [4.69, 9.17) is 33.2 Å². The number of halogens is 2. The fourth-order valence-electron chi connectivity index (χ4n) is 9.68. The smallest absolute Gasteiger partial charge is 0.309 e. The first-order valence-electron chi connectivity index (χ1n) is 19.2. The van der Waals surface area contributed by atoms with Gasteiger partial charge in [-0.25, -0.2) is 9.97 Å². The number of hydrogen-bond acceptors (Lipinski definition) is 8. The average molecular weight is 789 g/mol. The minimum atomic E-state index is -0.628. The van der Waals surface area contributed by atoms with Crippen molar-refractivity contribution >= 4 is 46.5 Å². The first kappa shape index (κ1) is 37.8. The molecule has 2 fully saturated rings. The number of β-amino-alcohol motifs (C(OH)–C–C–N with tert-alkyl or cyclic N) is 1. The van der Waals surface area contributed by atoms with Crippen LogP contribution in [0.4, 0.5) is 5.69 Å². The topological polar surface area (TPSA) is 146 Å². The van der Waals surface area contributed by atoms with Crippen LogP contribution < -0.4 is 5.32 Å². The monoisotopic (exact) mass is 787 g/mol. The number of hydrogen-bond donors (Lipinski definition) is 3. The van der Waals surface area contributed by atoms with Crippen molar-refractivity contribution in [2.45, 2.75) is 70.9 Å². The number of aromatic nitrogens is 4. The standard InChI is InChI=1S/C41H47Cl2N7O5/c1-47-31-10-17-50(19-20-51)23-29(31)44-36(47)33(52)21-25-5-3-6-26(34(25)42)27-7-4-8-28(35(27)43)46-38(53)37-45-30-22-49(16-9-32(30)48(37)2)18-15-40-11-13-41(24-40,14-12-40)39(54)55/h3-8,51H,9-24H2,1-2H3,(H,46,53)(H,54,55). The van der Waals surface area contributed by atoms with Crippen LogP contribution in [0.5, 0.6) is 0 Å². The number of aliphatic carboxylic acids is 1. The Morgan fingerprint density at radius 1 is 0.818 bits per heavy atom. The van der Waals surface area contributed by atoms with Gasteiger partial charge in [0.2, 0.25) is 5.78 Å². The van der Waals surface area contributed by atoms with Gasteiger partial charge in [0.05, 0.1) is 39.1 Å². The molecule has 2 saturated carbocycles. The Morgan fingerprint density at radius 2 is 1.42 bits per heavy atom. The van der Waals surface area contributed by atoms with Gasteiger partial charge in [-0.05, 0) is 62.1 Å². The van der Waals surface area contributed by atoms with Gasteiger partial charge in [-0.15, -0.1) is 0 Å². The summed E-state index contributed by atoms with van der Waals surface area (Å²) in [5.41, 5.74) is 5.78. The SMILES string of the molecule is Cn1c(C(=O)Cc2cccc(-c3cccc(NC(=O)c4nc5c(n4C)CCN(CCC46CCC(C(=O)O)(CC4)C6)C5)c3Cl)c2Cl)nc2c1CCN(CCO)C2. The molecule has 0 atom stereocenters. The molecule has 4 aliphatic rings. The molecule has 0 radical (unpaired) electrons. The van der Waals surface area contributed by atoms with Gasteiger partial charge in [-0.3, -0.25) is 24.2 Å². The molecule has 2 bridgehead atoms. The number of rotatable bonds is 12. The Balaban J connectivity index is 0.942. The molecule has 2 aromatic heterocycles. The second kappa shape index (κ2) is 14.8. The van der Waals surface area contributed by atoms with E-state index in [-0.39, 0.29) is 30.1 Å². The summed E-state index contributed by atoms with van der Waals surface area (Å²) in [6.45, 7) is 4.45. The quantitative estimate of drug-likeness (QED) is 0.149. The van der Waals surface area contributed by atoms with E-state index in [1.54, 1.807) is 12.1 Å². The Morgan fingerprint density at radius 3 is 2.05 bits per heavy atom. The van der Waals surface area contributed by atoms with Crippen molar-refractivity contribution in [3.63, 3.8) is 0 Å². The minimum Gasteiger partial charge on any atom is -0.481 e. The van der Waals surface area contributed by atoms with Gasteiger partial charge >= 0.3 is 5.97 Å². The number of fused-ring (bicyclic) bond motifs is 4. The van der Waals surface area contributed by atoms with Crippen LogP contribution in [0.3, 0.4) is 0 Å². The number of nitrogens with zero attached hydrogens (tertiary/aromatic N) is 6. The van der Waals surface area contributed by atoms with Gasteiger partial charge in [-0.2, -0.15) is 0 Å². The number of carbonyl (C=O) groups excluding carboxylic acids is 2. The van der Waals surface area contributed by atoms with Crippen LogP contribution in [-0.2, 0) is 51.2 Å². The number of aliphatic hydroxyl groups excluding tert-OH is 1. The van der Waals surface area contributed by atoms with E-state index >= 15 is 0 Å². The molecule has 4 heterocycles. The van der Waals surface area contributed by atoms with Gasteiger partial charge in [0.15, 0.2) is 11.6 Å². The Bertz CT molecular complexity index is 2190. The lowest BCUT2D eigenvalue weighted by molar-refractivity contribution is -0.148. The van der Waals surface area contributed by atoms with E-state index in [0.29, 0.717) is 63.7 Å². The molecule has 290 valence electrons. The second-order valence-corrected chi connectivity index (χ2v) is 16.8. The molecule has 55 heavy (non-hydrogen) atoms. The van der Waals surface area contributed by atoms with Gasteiger partial charge in [0, 0.05) is 88.6 Å². The van der Waals surface area contributed by atoms with Crippen molar-refractivity contribution in [1.82, 2.24) is 28.9 Å². The number of aliphatic hydroxyl groups is 1. The van der Waals surface area contributed by atoms with Crippen molar-refractivity contribution in [1.29, 1.82) is 0 Å². The first-order chi connectivity index (χ1) is 26.4. The third-order valence-electron chi connectivity index (χ3n) is 12.9. The largest absolute Gasteiger partial charge is 0.481 e. The minimum absolute atomic E-state index is 0.0539. The molecular formula is C41H47Cl2N7O5. The number of carboxylic acid groups (broad SMARTS) is 1. The number of amides is 1. The van der Waals surface area contributed by atoms with Gasteiger partial charge < -0.3 is 24.7 Å². The third kappa shape index (κ3) is 6.90. The Kier molecular flexibility index (Phi) is 10.2. The van der Waals surface area contributed by atoms with Gasteiger partial charge in [-0.1, -0.05) is 53.5 Å². The highest BCUT2D eigenvalue weighted by Gasteiger charge is 2.57. The molecule has 1 amide bonds. The molecule has 2 aliphatic carbocycles. The fraction of sp³-hybridized carbons (Fsp3) is 0.488. The number of anilines is 1. The number of Topliss-reactive ketones (excluding diaryl/α,β-unsaturated/α-hetero) is 1. The maximum Gasteiger partial charge on any atom is 0.309 e. The van der Waals surface area contributed by atoms with Crippen molar-refractivity contribution < 1.29 is 24.6 Å². The molecule has 2 aliphatic heterocycles. The fourth-order valence-corrected chi connectivity index (χ4v) is 10.3.